The summed E-state index contributed by atoms with van der Waals surface area (Å²) in [5.41, 5.74) is 1.93. The van der Waals surface area contributed by atoms with Gasteiger partial charge in [0.1, 0.15) is 11.3 Å². The number of H-pyrrole nitrogens is 1. The first-order chi connectivity index (χ1) is 13.2. The van der Waals surface area contributed by atoms with Crippen LogP contribution in [-0.2, 0) is 6.54 Å². The number of rotatable bonds is 6. The van der Waals surface area contributed by atoms with Crippen molar-refractivity contribution in [2.45, 2.75) is 19.4 Å². The third-order valence-electron chi connectivity index (χ3n) is 5.04. The molecule has 4 rings (SSSR count). The highest BCUT2D eigenvalue weighted by atomic mass is 16.5. The molecule has 3 N–H and O–H groups in total. The molecule has 2 aromatic heterocycles. The molecule has 1 aromatic carbocycles. The van der Waals surface area contributed by atoms with E-state index in [2.05, 4.69) is 25.6 Å². The molecule has 8 nitrogen and oxygen atoms in total. The van der Waals surface area contributed by atoms with E-state index >= 15 is 0 Å². The molecule has 0 aliphatic carbocycles. The highest BCUT2D eigenvalue weighted by Crippen LogP contribution is 2.20. The fourth-order valence-electron chi connectivity index (χ4n) is 3.50. The summed E-state index contributed by atoms with van der Waals surface area (Å²) < 4.78 is 7.02. The molecule has 0 radical (unpaired) electrons. The van der Waals surface area contributed by atoms with E-state index in [1.807, 2.05) is 24.3 Å². The van der Waals surface area contributed by atoms with Crippen LogP contribution in [0.4, 0.5) is 5.95 Å². The lowest BCUT2D eigenvalue weighted by atomic mass is 9.98. The standard InChI is InChI=1S/C19H24N6O2/c1-27-16-5-3-2-4-14(16)12-25-17-15(23-19(25)26)11-22-18(24-17)21-10-13-6-8-20-9-7-13/h2-5,11,13,20H,6-10,12H2,1H3,(H,23,26)(H,21,22,24). The molecular weight excluding hydrogens is 344 g/mol. The molecule has 3 heterocycles. The second-order valence-electron chi connectivity index (χ2n) is 6.83. The molecule has 0 bridgehead atoms. The van der Waals surface area contributed by atoms with Crippen molar-refractivity contribution in [2.75, 3.05) is 32.1 Å². The van der Waals surface area contributed by atoms with Crippen LogP contribution in [0.1, 0.15) is 18.4 Å². The van der Waals surface area contributed by atoms with Gasteiger partial charge < -0.3 is 20.4 Å². The molecule has 3 aromatic rings. The van der Waals surface area contributed by atoms with Crippen molar-refractivity contribution in [1.29, 1.82) is 0 Å². The third-order valence-corrected chi connectivity index (χ3v) is 5.04. The molecule has 142 valence electrons. The molecule has 8 heteroatoms. The van der Waals surface area contributed by atoms with Crippen LogP contribution in [0, 0.1) is 5.92 Å². The molecule has 0 unspecified atom stereocenters. The number of piperidine rings is 1. The minimum atomic E-state index is -0.208. The Morgan fingerprint density at radius 2 is 2.11 bits per heavy atom. The minimum Gasteiger partial charge on any atom is -0.496 e. The first-order valence-corrected chi connectivity index (χ1v) is 9.26. The lowest BCUT2D eigenvalue weighted by Gasteiger charge is -2.22. The Bertz CT molecular complexity index is 974. The van der Waals surface area contributed by atoms with E-state index in [0.29, 0.717) is 29.6 Å². The average Bonchev–Trinajstić information content (AvgIpc) is 3.02. The number of imidazole rings is 1. The summed E-state index contributed by atoms with van der Waals surface area (Å²) in [5.74, 6) is 1.92. The molecule has 1 aliphatic heterocycles. The van der Waals surface area contributed by atoms with E-state index < -0.39 is 0 Å². The number of aromatic amines is 1. The predicted molar refractivity (Wildman–Crippen MR) is 104 cm³/mol. The molecule has 0 amide bonds. The number of aromatic nitrogens is 4. The highest BCUT2D eigenvalue weighted by Gasteiger charge is 2.15. The molecule has 1 aliphatic rings. The Kier molecular flexibility index (Phi) is 5.06. The predicted octanol–water partition coefficient (Wildman–Crippen LogP) is 1.59. The van der Waals surface area contributed by atoms with Gasteiger partial charge in [-0.05, 0) is 37.9 Å². The summed E-state index contributed by atoms with van der Waals surface area (Å²) in [7, 11) is 1.63. The fourth-order valence-corrected chi connectivity index (χ4v) is 3.50. The van der Waals surface area contributed by atoms with E-state index in [0.717, 1.165) is 43.8 Å². The van der Waals surface area contributed by atoms with Gasteiger partial charge in [0.15, 0.2) is 5.65 Å². The summed E-state index contributed by atoms with van der Waals surface area (Å²) in [6.07, 6.45) is 3.96. The zero-order chi connectivity index (χ0) is 18.6. The number of fused-ring (bicyclic) bond motifs is 1. The molecule has 0 saturated carbocycles. The Balaban J connectivity index is 1.58. The number of ether oxygens (including phenoxy) is 1. The van der Waals surface area contributed by atoms with Crippen molar-refractivity contribution in [2.24, 2.45) is 5.92 Å². The van der Waals surface area contributed by atoms with Crippen molar-refractivity contribution in [3.63, 3.8) is 0 Å². The van der Waals surface area contributed by atoms with Crippen LogP contribution in [0.3, 0.4) is 0 Å². The summed E-state index contributed by atoms with van der Waals surface area (Å²) in [6.45, 7) is 3.34. The van der Waals surface area contributed by atoms with Gasteiger partial charge in [0.25, 0.3) is 0 Å². The molecular formula is C19H24N6O2. The summed E-state index contributed by atoms with van der Waals surface area (Å²) >= 11 is 0. The summed E-state index contributed by atoms with van der Waals surface area (Å²) in [4.78, 5) is 24.2. The SMILES string of the molecule is COc1ccccc1Cn1c(=O)[nH]c2cnc(NCC3CCNCC3)nc21. The van der Waals surface area contributed by atoms with Crippen LogP contribution in [0.25, 0.3) is 11.2 Å². The van der Waals surface area contributed by atoms with Crippen molar-refractivity contribution in [1.82, 2.24) is 24.8 Å². The van der Waals surface area contributed by atoms with Crippen LogP contribution in [0.15, 0.2) is 35.3 Å². The van der Waals surface area contributed by atoms with Crippen LogP contribution in [0.5, 0.6) is 5.75 Å². The lowest BCUT2D eigenvalue weighted by molar-refractivity contribution is 0.389. The lowest BCUT2D eigenvalue weighted by Crippen LogP contribution is -2.31. The molecule has 0 atom stereocenters. The smallest absolute Gasteiger partial charge is 0.328 e. The van der Waals surface area contributed by atoms with Crippen molar-refractivity contribution in [3.05, 3.63) is 46.5 Å². The molecule has 0 spiro atoms. The van der Waals surface area contributed by atoms with E-state index in [9.17, 15) is 4.79 Å². The Morgan fingerprint density at radius 3 is 2.93 bits per heavy atom. The van der Waals surface area contributed by atoms with E-state index in [-0.39, 0.29) is 5.69 Å². The Hall–Kier alpha value is -2.87. The number of hydrogen-bond acceptors (Lipinski definition) is 6. The monoisotopic (exact) mass is 368 g/mol. The molecule has 1 saturated heterocycles. The van der Waals surface area contributed by atoms with Crippen molar-refractivity contribution < 1.29 is 4.74 Å². The first kappa shape index (κ1) is 17.5. The van der Waals surface area contributed by atoms with Gasteiger partial charge in [0, 0.05) is 12.1 Å². The average molecular weight is 368 g/mol. The van der Waals surface area contributed by atoms with E-state index in [4.69, 9.17) is 4.74 Å². The highest BCUT2D eigenvalue weighted by molar-refractivity contribution is 5.71. The number of anilines is 1. The van der Waals surface area contributed by atoms with E-state index in [1.165, 1.54) is 0 Å². The Morgan fingerprint density at radius 1 is 1.30 bits per heavy atom. The quantitative estimate of drug-likeness (QED) is 0.611. The van der Waals surface area contributed by atoms with Gasteiger partial charge in [-0.1, -0.05) is 18.2 Å². The third kappa shape index (κ3) is 3.80. The van der Waals surface area contributed by atoms with Gasteiger partial charge in [0.2, 0.25) is 5.95 Å². The van der Waals surface area contributed by atoms with Gasteiger partial charge in [-0.2, -0.15) is 4.98 Å². The summed E-state index contributed by atoms with van der Waals surface area (Å²) in [6, 6.07) is 7.67. The number of nitrogens with zero attached hydrogens (tertiary/aromatic N) is 3. The second-order valence-corrected chi connectivity index (χ2v) is 6.83. The van der Waals surface area contributed by atoms with Crippen molar-refractivity contribution in [3.8, 4) is 5.75 Å². The van der Waals surface area contributed by atoms with Crippen LogP contribution in [-0.4, -0.2) is 46.3 Å². The number of nitrogens with one attached hydrogen (secondary N) is 3. The number of hydrogen-bond donors (Lipinski definition) is 3. The minimum absolute atomic E-state index is 0.208. The molecule has 27 heavy (non-hydrogen) atoms. The maximum atomic E-state index is 12.4. The van der Waals surface area contributed by atoms with Gasteiger partial charge in [-0.25, -0.2) is 9.78 Å². The van der Waals surface area contributed by atoms with Crippen molar-refractivity contribution >= 4 is 17.1 Å². The number of methoxy groups -OCH3 is 1. The molecule has 1 fully saturated rings. The maximum absolute atomic E-state index is 12.4. The Labute approximate surface area is 157 Å². The number of para-hydroxylation sites is 1. The fraction of sp³-hybridized carbons (Fsp3) is 0.421. The first-order valence-electron chi connectivity index (χ1n) is 9.26. The zero-order valence-electron chi connectivity index (χ0n) is 15.4. The van der Waals surface area contributed by atoms with Crippen LogP contribution < -0.4 is 21.1 Å². The second kappa shape index (κ2) is 7.79. The maximum Gasteiger partial charge on any atom is 0.328 e. The van der Waals surface area contributed by atoms with Gasteiger partial charge in [-0.15, -0.1) is 0 Å². The topological polar surface area (TPSA) is 96.9 Å². The van der Waals surface area contributed by atoms with Gasteiger partial charge in [0.05, 0.1) is 19.9 Å². The normalized spacial score (nSPS) is 15.1. The van der Waals surface area contributed by atoms with Gasteiger partial charge in [-0.3, -0.25) is 4.57 Å². The summed E-state index contributed by atoms with van der Waals surface area (Å²) in [5, 5.41) is 6.69. The number of benzene rings is 1. The zero-order valence-corrected chi connectivity index (χ0v) is 15.4. The van der Waals surface area contributed by atoms with Gasteiger partial charge >= 0.3 is 5.69 Å². The van der Waals surface area contributed by atoms with Crippen LogP contribution in [0.2, 0.25) is 0 Å². The van der Waals surface area contributed by atoms with E-state index in [1.54, 1.807) is 17.9 Å². The van der Waals surface area contributed by atoms with Crippen LogP contribution >= 0.6 is 0 Å². The largest absolute Gasteiger partial charge is 0.496 e.